The van der Waals surface area contributed by atoms with Crippen LogP contribution in [0.2, 0.25) is 0 Å². The van der Waals surface area contributed by atoms with Crippen molar-refractivity contribution in [2.45, 2.75) is 44.3 Å². The Morgan fingerprint density at radius 2 is 1.81 bits per heavy atom. The molecule has 2 unspecified atom stereocenters. The molecule has 0 aliphatic carbocycles. The Hall–Kier alpha value is -1.85. The van der Waals surface area contributed by atoms with Crippen molar-refractivity contribution in [3.05, 3.63) is 53.4 Å². The van der Waals surface area contributed by atoms with Gasteiger partial charge in [0.2, 0.25) is 0 Å². The maximum atomic E-state index is 12.9. The van der Waals surface area contributed by atoms with Crippen molar-refractivity contribution in [2.75, 3.05) is 25.6 Å². The number of carbonyl (C=O) groups is 1. The van der Waals surface area contributed by atoms with Gasteiger partial charge in [0.25, 0.3) is 0 Å². The van der Waals surface area contributed by atoms with Crippen LogP contribution in [-0.4, -0.2) is 43.4 Å². The number of hydrogen-bond donors (Lipinski definition) is 0. The van der Waals surface area contributed by atoms with Gasteiger partial charge in [-0.25, -0.2) is 4.79 Å². The number of nitrogens with zero attached hydrogens (tertiary/aromatic N) is 2. The third-order valence-electron chi connectivity index (χ3n) is 6.54. The second-order valence-electron chi connectivity index (χ2n) is 8.45. The van der Waals surface area contributed by atoms with Crippen molar-refractivity contribution < 1.29 is 14.0 Å². The van der Waals surface area contributed by atoms with Gasteiger partial charge in [0, 0.05) is 31.6 Å². The van der Waals surface area contributed by atoms with E-state index in [1.165, 1.54) is 25.7 Å². The number of benzene rings is 1. The molecule has 2 aromatic rings. The zero-order valence-electron chi connectivity index (χ0n) is 16.2. The fourth-order valence-corrected chi connectivity index (χ4v) is 5.54. The van der Waals surface area contributed by atoms with Crippen LogP contribution in [0.1, 0.15) is 31.2 Å². The second-order valence-corrected chi connectivity index (χ2v) is 9.38. The van der Waals surface area contributed by atoms with E-state index in [1.807, 2.05) is 47.8 Å². The molecule has 1 amide bonds. The molecule has 2 fully saturated rings. The van der Waals surface area contributed by atoms with E-state index >= 15 is 0 Å². The summed E-state index contributed by atoms with van der Waals surface area (Å²) in [5.74, 6) is 0.500. The van der Waals surface area contributed by atoms with Gasteiger partial charge in [-0.3, -0.25) is 4.90 Å². The van der Waals surface area contributed by atoms with E-state index in [4.69, 9.17) is 4.74 Å². The third-order valence-corrected chi connectivity index (χ3v) is 7.44. The van der Waals surface area contributed by atoms with Crippen LogP contribution in [0.4, 0.5) is 9.80 Å². The molecular weight excluding hydrogens is 356 g/mol. The van der Waals surface area contributed by atoms with Crippen molar-refractivity contribution in [2.24, 2.45) is 5.92 Å². The minimum absolute atomic E-state index is 0.229. The first-order valence-electron chi connectivity index (χ1n) is 9.89. The van der Waals surface area contributed by atoms with E-state index < -0.39 is 0 Å². The molecular formula is C22H29N2O2S+. The summed E-state index contributed by atoms with van der Waals surface area (Å²) in [5, 5.41) is 2.93. The number of carbonyl (C=O) groups excluding carboxylic acids is 1. The number of amides is 1. The Bertz CT molecular complexity index is 744. The molecule has 144 valence electrons. The van der Waals surface area contributed by atoms with E-state index in [2.05, 4.69) is 14.1 Å². The Balaban J connectivity index is 1.39. The van der Waals surface area contributed by atoms with Gasteiger partial charge in [-0.15, -0.1) is 11.3 Å². The fraction of sp³-hybridized carbons (Fsp3) is 0.500. The van der Waals surface area contributed by atoms with Crippen LogP contribution in [0.3, 0.4) is 0 Å². The zero-order chi connectivity index (χ0) is 18.9. The minimum Gasteiger partial charge on any atom is -0.449 e. The van der Waals surface area contributed by atoms with Gasteiger partial charge >= 0.3 is 6.09 Å². The number of piperidine rings is 1. The van der Waals surface area contributed by atoms with Gasteiger partial charge < -0.3 is 9.22 Å². The summed E-state index contributed by atoms with van der Waals surface area (Å²) in [6.45, 7) is 1.09. The summed E-state index contributed by atoms with van der Waals surface area (Å²) in [6, 6.07) is 15.5. The smallest absolute Gasteiger partial charge is 0.415 e. The second kappa shape index (κ2) is 7.64. The lowest BCUT2D eigenvalue weighted by Crippen LogP contribution is -2.55. The fourth-order valence-electron chi connectivity index (χ4n) is 4.82. The number of quaternary nitrogens is 1. The predicted molar refractivity (Wildman–Crippen MR) is 110 cm³/mol. The number of anilines is 1. The van der Waals surface area contributed by atoms with Crippen molar-refractivity contribution in [3.63, 3.8) is 0 Å². The molecule has 0 saturated carbocycles. The van der Waals surface area contributed by atoms with Gasteiger partial charge in [-0.05, 0) is 23.1 Å². The summed E-state index contributed by atoms with van der Waals surface area (Å²) < 4.78 is 6.97. The molecule has 5 heteroatoms. The van der Waals surface area contributed by atoms with Gasteiger partial charge in [0.1, 0.15) is 5.00 Å². The molecule has 0 radical (unpaired) electrons. The molecule has 27 heavy (non-hydrogen) atoms. The minimum atomic E-state index is -0.229. The highest BCUT2D eigenvalue weighted by molar-refractivity contribution is 7.14. The van der Waals surface area contributed by atoms with Crippen molar-refractivity contribution >= 4 is 22.4 Å². The molecule has 0 N–H and O–H groups in total. The normalized spacial score (nSPS) is 25.9. The summed E-state index contributed by atoms with van der Waals surface area (Å²) in [6.07, 6.45) is 4.76. The van der Waals surface area contributed by atoms with Crippen LogP contribution in [0.15, 0.2) is 47.8 Å². The maximum absolute atomic E-state index is 12.9. The standard InChI is InChI=1S/C22H29N2O2S/c1-24(2)19-10-11-20(24)14-18(13-19)16-26-22(25)23(21-9-6-12-27-21)15-17-7-4-3-5-8-17/h3-9,12,18-20H,10-11,13-16H2,1-2H3/q+1. The molecule has 4 nitrogen and oxygen atoms in total. The first-order valence-corrected chi connectivity index (χ1v) is 10.8. The van der Waals surface area contributed by atoms with Gasteiger partial charge in [0.05, 0.1) is 39.3 Å². The molecule has 1 aromatic carbocycles. The van der Waals surface area contributed by atoms with Gasteiger partial charge in [-0.1, -0.05) is 30.3 Å². The van der Waals surface area contributed by atoms with Crippen molar-refractivity contribution in [1.29, 1.82) is 0 Å². The van der Waals surface area contributed by atoms with E-state index in [0.29, 0.717) is 19.1 Å². The summed E-state index contributed by atoms with van der Waals surface area (Å²) in [5.41, 5.74) is 1.11. The lowest BCUT2D eigenvalue weighted by Gasteiger charge is -2.44. The first kappa shape index (κ1) is 18.5. The molecule has 0 spiro atoms. The average Bonchev–Trinajstić information content (AvgIpc) is 3.21. The lowest BCUT2D eigenvalue weighted by atomic mass is 9.90. The number of hydrogen-bond acceptors (Lipinski definition) is 3. The van der Waals surface area contributed by atoms with Crippen molar-refractivity contribution in [1.82, 2.24) is 0 Å². The highest BCUT2D eigenvalue weighted by atomic mass is 32.1. The molecule has 1 aromatic heterocycles. The maximum Gasteiger partial charge on any atom is 0.415 e. The van der Waals surface area contributed by atoms with Crippen molar-refractivity contribution in [3.8, 4) is 0 Å². The average molecular weight is 386 g/mol. The monoisotopic (exact) mass is 385 g/mol. The number of fused-ring (bicyclic) bond motifs is 2. The third kappa shape index (κ3) is 3.90. The van der Waals surface area contributed by atoms with Crippen LogP contribution < -0.4 is 4.90 Å². The lowest BCUT2D eigenvalue weighted by molar-refractivity contribution is -0.931. The molecule has 4 rings (SSSR count). The summed E-state index contributed by atoms with van der Waals surface area (Å²) in [4.78, 5) is 14.7. The highest BCUT2D eigenvalue weighted by Crippen LogP contribution is 2.42. The van der Waals surface area contributed by atoms with E-state index in [0.717, 1.165) is 27.1 Å². The quantitative estimate of drug-likeness (QED) is 0.685. The first-order chi connectivity index (χ1) is 13.0. The topological polar surface area (TPSA) is 29.5 Å². The SMILES string of the molecule is C[N+]1(C)C2CCC1CC(COC(=O)N(Cc1ccccc1)c1cccs1)C2. The zero-order valence-corrected chi connectivity index (χ0v) is 17.0. The Morgan fingerprint density at radius 3 is 2.44 bits per heavy atom. The molecule has 2 aliphatic heterocycles. The molecule has 2 bridgehead atoms. The van der Waals surface area contributed by atoms with Crippen LogP contribution in [0.25, 0.3) is 0 Å². The Kier molecular flexibility index (Phi) is 5.24. The molecule has 2 atom stereocenters. The summed E-state index contributed by atoms with van der Waals surface area (Å²) >= 11 is 1.57. The Labute approximate surface area is 166 Å². The Morgan fingerprint density at radius 1 is 1.11 bits per heavy atom. The van der Waals surface area contributed by atoms with E-state index in [1.54, 1.807) is 16.2 Å². The van der Waals surface area contributed by atoms with Crippen LogP contribution >= 0.6 is 11.3 Å². The van der Waals surface area contributed by atoms with Gasteiger partial charge in [-0.2, -0.15) is 0 Å². The van der Waals surface area contributed by atoms with Crippen LogP contribution in [0, 0.1) is 5.92 Å². The number of thiophene rings is 1. The van der Waals surface area contributed by atoms with Crippen LogP contribution in [0.5, 0.6) is 0 Å². The highest BCUT2D eigenvalue weighted by Gasteiger charge is 2.49. The molecule has 3 heterocycles. The van der Waals surface area contributed by atoms with Gasteiger partial charge in [0.15, 0.2) is 0 Å². The largest absolute Gasteiger partial charge is 0.449 e. The molecule has 2 saturated heterocycles. The molecule has 2 aliphatic rings. The van der Waals surface area contributed by atoms with E-state index in [9.17, 15) is 4.79 Å². The van der Waals surface area contributed by atoms with E-state index in [-0.39, 0.29) is 6.09 Å². The van der Waals surface area contributed by atoms with Crippen LogP contribution in [-0.2, 0) is 11.3 Å². The number of ether oxygens (including phenoxy) is 1. The summed E-state index contributed by atoms with van der Waals surface area (Å²) in [7, 11) is 4.73. The number of rotatable bonds is 5. The predicted octanol–water partition coefficient (Wildman–Crippen LogP) is 4.91.